The van der Waals surface area contributed by atoms with Gasteiger partial charge in [0, 0.05) is 43.0 Å². The molecule has 0 spiro atoms. The van der Waals surface area contributed by atoms with Crippen LogP contribution in [0.1, 0.15) is 19.3 Å². The van der Waals surface area contributed by atoms with Crippen LogP contribution in [0.3, 0.4) is 0 Å². The molecule has 1 fully saturated rings. The summed E-state index contributed by atoms with van der Waals surface area (Å²) >= 11 is 0. The number of nitrogens with one attached hydrogen (secondary N) is 2. The second kappa shape index (κ2) is 10.1. The third-order valence-electron chi connectivity index (χ3n) is 5.49. The number of alkyl halides is 3. The maximum atomic E-state index is 12.2. The van der Waals surface area contributed by atoms with E-state index in [4.69, 9.17) is 9.47 Å². The third kappa shape index (κ3) is 6.36. The van der Waals surface area contributed by atoms with E-state index in [-0.39, 0.29) is 12.5 Å². The molecular formula is C20H27F3N4O4S. The lowest BCUT2D eigenvalue weighted by atomic mass is 9.93. The highest BCUT2D eigenvalue weighted by atomic mass is 32.2. The van der Waals surface area contributed by atoms with Crippen molar-refractivity contribution in [2.45, 2.75) is 25.4 Å². The van der Waals surface area contributed by atoms with Crippen LogP contribution in [0.15, 0.2) is 24.4 Å². The largest absolute Gasteiger partial charge is 0.493 e. The Morgan fingerprint density at radius 1 is 1.12 bits per heavy atom. The highest BCUT2D eigenvalue weighted by molar-refractivity contribution is 7.87. The van der Waals surface area contributed by atoms with Crippen LogP contribution < -0.4 is 23.8 Å². The lowest BCUT2D eigenvalue weighted by molar-refractivity contribution is -0.121. The van der Waals surface area contributed by atoms with Crippen molar-refractivity contribution in [3.8, 4) is 11.5 Å². The Kier molecular flexibility index (Phi) is 7.67. The summed E-state index contributed by atoms with van der Waals surface area (Å²) in [6, 6.07) is 5.70. The van der Waals surface area contributed by atoms with Gasteiger partial charge in [-0.15, -0.1) is 0 Å². The summed E-state index contributed by atoms with van der Waals surface area (Å²) in [5.41, 5.74) is 1.83. The van der Waals surface area contributed by atoms with Crippen LogP contribution in [-0.4, -0.2) is 60.0 Å². The van der Waals surface area contributed by atoms with Crippen LogP contribution in [0.4, 0.5) is 18.9 Å². The van der Waals surface area contributed by atoms with E-state index >= 15 is 0 Å². The fourth-order valence-corrected chi connectivity index (χ4v) is 4.66. The first-order chi connectivity index (χ1) is 15.1. The second-order valence-corrected chi connectivity index (χ2v) is 9.19. The number of piperidine rings is 1. The van der Waals surface area contributed by atoms with Gasteiger partial charge >= 0.3 is 6.18 Å². The maximum Gasteiger partial charge on any atom is 0.402 e. The number of hydrogen-bond donors (Lipinski definition) is 2. The molecule has 0 unspecified atom stereocenters. The van der Waals surface area contributed by atoms with Gasteiger partial charge in [0.25, 0.3) is 10.2 Å². The van der Waals surface area contributed by atoms with Crippen LogP contribution in [0.25, 0.3) is 10.9 Å². The minimum Gasteiger partial charge on any atom is -0.493 e. The standard InChI is InChI=1S/C20H27F3N4O4S/c1-30-18-11-15-16(12-19(18)31-2)24-7-4-17(15)27-9-5-14(6-10-27)3-8-25-32(28,29)26-13-20(21,22)23/h4,7,11-12,14,25-26H,3,5-6,8-10,13H2,1-2H3. The zero-order valence-electron chi connectivity index (χ0n) is 17.9. The normalized spacial score (nSPS) is 15.8. The van der Waals surface area contributed by atoms with Gasteiger partial charge in [0.2, 0.25) is 0 Å². The molecule has 1 aromatic heterocycles. The lowest BCUT2D eigenvalue weighted by Crippen LogP contribution is -2.42. The predicted octanol–water partition coefficient (Wildman–Crippen LogP) is 2.84. The monoisotopic (exact) mass is 476 g/mol. The Morgan fingerprint density at radius 2 is 1.78 bits per heavy atom. The van der Waals surface area contributed by atoms with Gasteiger partial charge in [0.1, 0.15) is 6.54 Å². The molecule has 12 heteroatoms. The molecule has 1 aromatic carbocycles. The van der Waals surface area contributed by atoms with Crippen molar-refractivity contribution in [2.75, 3.05) is 45.3 Å². The minimum atomic E-state index is -4.59. The molecule has 1 aliphatic heterocycles. The number of rotatable bonds is 9. The predicted molar refractivity (Wildman–Crippen MR) is 115 cm³/mol. The van der Waals surface area contributed by atoms with E-state index in [0.717, 1.165) is 42.5 Å². The number of hydrogen-bond acceptors (Lipinski definition) is 6. The van der Waals surface area contributed by atoms with Crippen LogP contribution in [0, 0.1) is 5.92 Å². The zero-order chi connectivity index (χ0) is 23.4. The Morgan fingerprint density at radius 3 is 2.41 bits per heavy atom. The number of fused-ring (bicyclic) bond motifs is 1. The molecule has 8 nitrogen and oxygen atoms in total. The first-order valence-electron chi connectivity index (χ1n) is 10.2. The number of pyridine rings is 1. The van der Waals surface area contributed by atoms with Crippen LogP contribution in [0.2, 0.25) is 0 Å². The molecular weight excluding hydrogens is 449 g/mol. The zero-order valence-corrected chi connectivity index (χ0v) is 18.7. The van der Waals surface area contributed by atoms with E-state index in [1.807, 2.05) is 18.2 Å². The van der Waals surface area contributed by atoms with Crippen LogP contribution in [0.5, 0.6) is 11.5 Å². The number of methoxy groups -OCH3 is 2. The average molecular weight is 477 g/mol. The Bertz CT molecular complexity index is 1030. The molecule has 0 radical (unpaired) electrons. The number of benzene rings is 1. The van der Waals surface area contributed by atoms with Gasteiger partial charge in [0.05, 0.1) is 19.7 Å². The van der Waals surface area contributed by atoms with Gasteiger partial charge in [-0.3, -0.25) is 4.98 Å². The summed E-state index contributed by atoms with van der Waals surface area (Å²) in [5, 5.41) is 0.951. The summed E-state index contributed by atoms with van der Waals surface area (Å²) in [6.07, 6.45) is -0.598. The smallest absolute Gasteiger partial charge is 0.402 e. The Hall–Kier alpha value is -2.31. The van der Waals surface area contributed by atoms with E-state index < -0.39 is 22.9 Å². The molecule has 1 saturated heterocycles. The van der Waals surface area contributed by atoms with Crippen molar-refractivity contribution in [2.24, 2.45) is 5.92 Å². The van der Waals surface area contributed by atoms with E-state index in [0.29, 0.717) is 17.9 Å². The number of aromatic nitrogens is 1. The van der Waals surface area contributed by atoms with Crippen LogP contribution in [-0.2, 0) is 10.2 Å². The molecule has 32 heavy (non-hydrogen) atoms. The van der Waals surface area contributed by atoms with Crippen molar-refractivity contribution >= 4 is 26.8 Å². The quantitative estimate of drug-likeness (QED) is 0.578. The van der Waals surface area contributed by atoms with E-state index in [2.05, 4.69) is 14.6 Å². The maximum absolute atomic E-state index is 12.2. The third-order valence-corrected chi connectivity index (χ3v) is 6.59. The molecule has 0 saturated carbocycles. The van der Waals surface area contributed by atoms with Gasteiger partial charge in [0.15, 0.2) is 11.5 Å². The molecule has 0 aliphatic carbocycles. The fourth-order valence-electron chi connectivity index (χ4n) is 3.82. The van der Waals surface area contributed by atoms with Crippen molar-refractivity contribution in [1.29, 1.82) is 0 Å². The van der Waals surface area contributed by atoms with E-state index in [1.165, 1.54) is 4.72 Å². The Labute approximate surface area is 185 Å². The van der Waals surface area contributed by atoms with Gasteiger partial charge in [-0.2, -0.15) is 26.3 Å². The lowest BCUT2D eigenvalue weighted by Gasteiger charge is -2.34. The van der Waals surface area contributed by atoms with Crippen molar-refractivity contribution in [3.05, 3.63) is 24.4 Å². The highest BCUT2D eigenvalue weighted by Gasteiger charge is 2.29. The molecule has 0 atom stereocenters. The second-order valence-electron chi connectivity index (χ2n) is 7.61. The number of nitrogens with zero attached hydrogens (tertiary/aromatic N) is 2. The van der Waals surface area contributed by atoms with Gasteiger partial charge < -0.3 is 14.4 Å². The summed E-state index contributed by atoms with van der Waals surface area (Å²) in [6.45, 7) is 0.0543. The molecule has 1 aliphatic rings. The highest BCUT2D eigenvalue weighted by Crippen LogP contribution is 2.37. The summed E-state index contributed by atoms with van der Waals surface area (Å²) < 4.78 is 74.2. The molecule has 2 heterocycles. The summed E-state index contributed by atoms with van der Waals surface area (Å²) in [5.74, 6) is 1.50. The number of halogens is 3. The van der Waals surface area contributed by atoms with Crippen molar-refractivity contribution in [1.82, 2.24) is 14.4 Å². The fraction of sp³-hybridized carbons (Fsp3) is 0.550. The van der Waals surface area contributed by atoms with E-state index in [9.17, 15) is 21.6 Å². The number of anilines is 1. The Balaban J connectivity index is 1.56. The first-order valence-corrected chi connectivity index (χ1v) is 11.7. The molecule has 178 valence electrons. The van der Waals surface area contributed by atoms with Gasteiger partial charge in [-0.25, -0.2) is 4.72 Å². The van der Waals surface area contributed by atoms with Crippen molar-refractivity contribution in [3.63, 3.8) is 0 Å². The molecule has 0 bridgehead atoms. The SMILES string of the molecule is COc1cc2nccc(N3CCC(CCNS(=O)(=O)NCC(F)(F)F)CC3)c2cc1OC. The molecule has 2 aromatic rings. The van der Waals surface area contributed by atoms with Crippen LogP contribution >= 0.6 is 0 Å². The average Bonchev–Trinajstić information content (AvgIpc) is 2.76. The number of ether oxygens (including phenoxy) is 2. The molecule has 2 N–H and O–H groups in total. The first kappa shape index (κ1) is 24.3. The van der Waals surface area contributed by atoms with Gasteiger partial charge in [-0.05, 0) is 37.3 Å². The van der Waals surface area contributed by atoms with Gasteiger partial charge in [-0.1, -0.05) is 0 Å². The topological polar surface area (TPSA) is 92.8 Å². The summed E-state index contributed by atoms with van der Waals surface area (Å²) in [4.78, 5) is 6.68. The molecule has 0 amide bonds. The molecule has 3 rings (SSSR count). The summed E-state index contributed by atoms with van der Waals surface area (Å²) in [7, 11) is -1.01. The minimum absolute atomic E-state index is 0.0903. The van der Waals surface area contributed by atoms with E-state index in [1.54, 1.807) is 20.4 Å². The van der Waals surface area contributed by atoms with Crippen molar-refractivity contribution < 1.29 is 31.1 Å².